The molecule has 0 saturated carbocycles. The number of carbonyl (C=O) groups excluding carboxylic acids is 3. The van der Waals surface area contributed by atoms with E-state index in [1.54, 1.807) is 0 Å². The molecule has 2 atom stereocenters. The summed E-state index contributed by atoms with van der Waals surface area (Å²) < 4.78 is 0. The predicted octanol–water partition coefficient (Wildman–Crippen LogP) is 0.544. The fourth-order valence-corrected chi connectivity index (χ4v) is 2.01. The Hall–Kier alpha value is -1.93. The van der Waals surface area contributed by atoms with Crippen molar-refractivity contribution < 1.29 is 29.3 Å². The van der Waals surface area contributed by atoms with Gasteiger partial charge in [-0.2, -0.15) is 0 Å². The van der Waals surface area contributed by atoms with E-state index in [2.05, 4.69) is 21.7 Å². The molecule has 0 radical (unpaired) electrons. The molecule has 23 heavy (non-hydrogen) atoms. The monoisotopic (exact) mass is 330 g/mol. The summed E-state index contributed by atoms with van der Waals surface area (Å²) in [4.78, 5) is 42.9. The molecule has 4 N–H and O–H groups in total. The third-order valence-electron chi connectivity index (χ3n) is 3.36. The van der Waals surface area contributed by atoms with Gasteiger partial charge in [0.05, 0.1) is 6.54 Å². The molecule has 1 amide bonds. The lowest BCUT2D eigenvalue weighted by Gasteiger charge is -2.29. The van der Waals surface area contributed by atoms with Crippen LogP contribution in [0.15, 0.2) is 12.7 Å². The highest BCUT2D eigenvalue weighted by atomic mass is 17.2. The Morgan fingerprint density at radius 1 is 1.35 bits per heavy atom. The number of amides is 1. The maximum absolute atomic E-state index is 12.0. The van der Waals surface area contributed by atoms with Gasteiger partial charge >= 0.3 is 11.9 Å². The smallest absolute Gasteiger partial charge is 0.362 e. The molecule has 0 bridgehead atoms. The van der Waals surface area contributed by atoms with Crippen LogP contribution in [0.3, 0.4) is 0 Å². The lowest BCUT2D eigenvalue weighted by molar-refractivity contribution is -0.269. The first kappa shape index (κ1) is 21.1. The average molecular weight is 330 g/mol. The van der Waals surface area contributed by atoms with Crippen LogP contribution in [0.25, 0.3) is 0 Å². The SMILES string of the molecule is C=CC(=O)OOC(=O)C(O)(CC(CC)CCCC)NC(=O)CN. The van der Waals surface area contributed by atoms with Crippen molar-refractivity contribution in [2.24, 2.45) is 11.7 Å². The first-order valence-corrected chi connectivity index (χ1v) is 7.61. The maximum Gasteiger partial charge on any atom is 0.407 e. The van der Waals surface area contributed by atoms with Crippen LogP contribution in [0.2, 0.25) is 0 Å². The normalized spacial score (nSPS) is 14.3. The van der Waals surface area contributed by atoms with E-state index in [1.807, 2.05) is 13.8 Å². The molecule has 0 heterocycles. The first-order chi connectivity index (χ1) is 10.8. The minimum absolute atomic E-state index is 0.0271. The number of nitrogens with one attached hydrogen (secondary N) is 1. The molecule has 0 saturated heterocycles. The van der Waals surface area contributed by atoms with Gasteiger partial charge in [0.2, 0.25) is 11.6 Å². The number of unbranched alkanes of at least 4 members (excludes halogenated alkanes) is 1. The van der Waals surface area contributed by atoms with Crippen LogP contribution in [0.4, 0.5) is 0 Å². The molecule has 132 valence electrons. The summed E-state index contributed by atoms with van der Waals surface area (Å²) >= 11 is 0. The highest BCUT2D eigenvalue weighted by molar-refractivity contribution is 5.88. The van der Waals surface area contributed by atoms with Gasteiger partial charge in [-0.3, -0.25) is 4.79 Å². The standard InChI is InChI=1S/C15H26N2O6/c1-4-7-8-11(5-2)9-15(21,17-12(18)10-16)14(20)23-22-13(19)6-3/h6,11,21H,3-5,7-10,16H2,1-2H3,(H,17,18). The van der Waals surface area contributed by atoms with Crippen LogP contribution in [-0.2, 0) is 24.2 Å². The Balaban J connectivity index is 5.05. The molecule has 0 aromatic carbocycles. The molecule has 0 fully saturated rings. The zero-order valence-electron chi connectivity index (χ0n) is 13.7. The minimum Gasteiger partial charge on any atom is -0.362 e. The molecule has 0 aliphatic rings. The fourth-order valence-electron chi connectivity index (χ4n) is 2.01. The van der Waals surface area contributed by atoms with Crippen LogP contribution in [-0.4, -0.2) is 35.2 Å². The van der Waals surface area contributed by atoms with Crippen LogP contribution in [0, 0.1) is 5.92 Å². The number of hydrogen-bond donors (Lipinski definition) is 3. The van der Waals surface area contributed by atoms with Gasteiger partial charge in [0.1, 0.15) is 0 Å². The lowest BCUT2D eigenvalue weighted by atomic mass is 9.90. The summed E-state index contributed by atoms with van der Waals surface area (Å²) in [6.07, 6.45) is 4.07. The second kappa shape index (κ2) is 10.7. The molecule has 0 rings (SSSR count). The molecule has 8 nitrogen and oxygen atoms in total. The van der Waals surface area contributed by atoms with Crippen molar-refractivity contribution in [2.45, 2.75) is 51.7 Å². The van der Waals surface area contributed by atoms with Crippen LogP contribution >= 0.6 is 0 Å². The van der Waals surface area contributed by atoms with Crippen molar-refractivity contribution in [3.05, 3.63) is 12.7 Å². The number of carbonyl (C=O) groups is 3. The van der Waals surface area contributed by atoms with Crippen LogP contribution in [0.5, 0.6) is 0 Å². The second-order valence-corrected chi connectivity index (χ2v) is 5.21. The van der Waals surface area contributed by atoms with E-state index in [0.29, 0.717) is 6.42 Å². The van der Waals surface area contributed by atoms with E-state index in [4.69, 9.17) is 5.73 Å². The van der Waals surface area contributed by atoms with Crippen molar-refractivity contribution in [3.63, 3.8) is 0 Å². The van der Waals surface area contributed by atoms with Gasteiger partial charge in [-0.25, -0.2) is 19.4 Å². The van der Waals surface area contributed by atoms with Gasteiger partial charge < -0.3 is 16.2 Å². The van der Waals surface area contributed by atoms with E-state index in [1.165, 1.54) is 0 Å². The molecule has 2 unspecified atom stereocenters. The number of aliphatic hydroxyl groups is 1. The van der Waals surface area contributed by atoms with Crippen LogP contribution in [0.1, 0.15) is 46.0 Å². The van der Waals surface area contributed by atoms with E-state index in [9.17, 15) is 19.5 Å². The third kappa shape index (κ3) is 7.75. The fraction of sp³-hybridized carbons (Fsp3) is 0.667. The Kier molecular flexibility index (Phi) is 9.84. The summed E-state index contributed by atoms with van der Waals surface area (Å²) in [5.74, 6) is -3.04. The first-order valence-electron chi connectivity index (χ1n) is 7.61. The summed E-state index contributed by atoms with van der Waals surface area (Å²) in [5.41, 5.74) is 2.88. The molecule has 0 aliphatic carbocycles. The molecule has 0 aromatic heterocycles. The number of nitrogens with two attached hydrogens (primary N) is 1. The topological polar surface area (TPSA) is 128 Å². The minimum atomic E-state index is -2.31. The van der Waals surface area contributed by atoms with Gasteiger partial charge in [-0.15, -0.1) is 0 Å². The third-order valence-corrected chi connectivity index (χ3v) is 3.36. The highest BCUT2D eigenvalue weighted by Gasteiger charge is 2.42. The zero-order valence-corrected chi connectivity index (χ0v) is 13.7. The predicted molar refractivity (Wildman–Crippen MR) is 82.5 cm³/mol. The largest absolute Gasteiger partial charge is 0.407 e. The van der Waals surface area contributed by atoms with Crippen molar-refractivity contribution in [1.82, 2.24) is 5.32 Å². The molecular formula is C15H26N2O6. The molecular weight excluding hydrogens is 304 g/mol. The maximum atomic E-state index is 12.0. The van der Waals surface area contributed by atoms with E-state index in [-0.39, 0.29) is 12.3 Å². The Morgan fingerprint density at radius 3 is 2.48 bits per heavy atom. The lowest BCUT2D eigenvalue weighted by Crippen LogP contribution is -2.57. The quantitative estimate of drug-likeness (QED) is 0.231. The van der Waals surface area contributed by atoms with Gasteiger partial charge in [-0.1, -0.05) is 46.1 Å². The molecule has 0 spiro atoms. The Bertz CT molecular complexity index is 426. The van der Waals surface area contributed by atoms with Crippen molar-refractivity contribution in [1.29, 1.82) is 0 Å². The van der Waals surface area contributed by atoms with Gasteiger partial charge in [0, 0.05) is 12.5 Å². The average Bonchev–Trinajstić information content (AvgIpc) is 2.55. The summed E-state index contributed by atoms with van der Waals surface area (Å²) in [5, 5.41) is 12.6. The van der Waals surface area contributed by atoms with Crippen molar-refractivity contribution >= 4 is 17.8 Å². The molecule has 8 heteroatoms. The van der Waals surface area contributed by atoms with E-state index >= 15 is 0 Å². The van der Waals surface area contributed by atoms with Gasteiger partial charge in [0.15, 0.2) is 0 Å². The van der Waals surface area contributed by atoms with Crippen molar-refractivity contribution in [3.8, 4) is 0 Å². The highest BCUT2D eigenvalue weighted by Crippen LogP contribution is 2.24. The molecule has 0 aliphatic heterocycles. The number of hydrogen-bond acceptors (Lipinski definition) is 7. The summed E-state index contributed by atoms with van der Waals surface area (Å²) in [6.45, 7) is 6.67. The van der Waals surface area contributed by atoms with Gasteiger partial charge in [-0.05, 0) is 5.92 Å². The number of rotatable bonds is 10. The Labute approximate surface area is 135 Å². The molecule has 0 aromatic rings. The van der Waals surface area contributed by atoms with Gasteiger partial charge in [0.25, 0.3) is 0 Å². The van der Waals surface area contributed by atoms with Crippen molar-refractivity contribution in [2.75, 3.05) is 6.54 Å². The summed E-state index contributed by atoms with van der Waals surface area (Å²) in [7, 11) is 0. The Morgan fingerprint density at radius 2 is 2.00 bits per heavy atom. The van der Waals surface area contributed by atoms with E-state index < -0.39 is 30.1 Å². The summed E-state index contributed by atoms with van der Waals surface area (Å²) in [6, 6.07) is 0. The van der Waals surface area contributed by atoms with E-state index in [0.717, 1.165) is 25.3 Å². The van der Waals surface area contributed by atoms with Crippen LogP contribution < -0.4 is 11.1 Å². The second-order valence-electron chi connectivity index (χ2n) is 5.21. The zero-order chi connectivity index (χ0) is 17.9.